The van der Waals surface area contributed by atoms with Crippen LogP contribution in [0.2, 0.25) is 0 Å². The average molecular weight is 195 g/mol. The number of benzene rings is 1. The van der Waals surface area contributed by atoms with Gasteiger partial charge in [-0.1, -0.05) is 11.8 Å². The highest BCUT2D eigenvalue weighted by atomic mass is 35.5. The van der Waals surface area contributed by atoms with Crippen molar-refractivity contribution in [3.8, 4) is 17.6 Å². The van der Waals surface area contributed by atoms with Gasteiger partial charge in [0.05, 0.1) is 12.5 Å². The van der Waals surface area contributed by atoms with Crippen molar-refractivity contribution in [3.63, 3.8) is 0 Å². The number of halogens is 1. The summed E-state index contributed by atoms with van der Waals surface area (Å²) < 4.78 is 5.29. The van der Waals surface area contributed by atoms with Crippen molar-refractivity contribution >= 4 is 11.6 Å². The van der Waals surface area contributed by atoms with Gasteiger partial charge in [0, 0.05) is 5.56 Å². The Balaban J connectivity index is 2.69. The second-order valence-electron chi connectivity index (χ2n) is 2.39. The Bertz CT molecular complexity index is 305. The Morgan fingerprint density at radius 2 is 2.00 bits per heavy atom. The fraction of sp³-hybridized carbons (Fsp3) is 0.273. The van der Waals surface area contributed by atoms with Crippen LogP contribution in [0.5, 0.6) is 5.75 Å². The van der Waals surface area contributed by atoms with Gasteiger partial charge < -0.3 is 4.74 Å². The van der Waals surface area contributed by atoms with Gasteiger partial charge in [-0.3, -0.25) is 0 Å². The molecule has 0 fully saturated rings. The minimum absolute atomic E-state index is 0.368. The molecule has 0 aliphatic rings. The molecule has 1 rings (SSSR count). The van der Waals surface area contributed by atoms with Gasteiger partial charge in [0.1, 0.15) is 5.75 Å². The largest absolute Gasteiger partial charge is 0.494 e. The maximum absolute atomic E-state index is 5.43. The van der Waals surface area contributed by atoms with Crippen LogP contribution in [0.4, 0.5) is 0 Å². The van der Waals surface area contributed by atoms with E-state index in [-0.39, 0.29) is 0 Å². The van der Waals surface area contributed by atoms with E-state index in [9.17, 15) is 0 Å². The zero-order valence-electron chi connectivity index (χ0n) is 7.51. The van der Waals surface area contributed by atoms with Crippen LogP contribution < -0.4 is 4.74 Å². The Labute approximate surface area is 83.7 Å². The molecule has 0 bridgehead atoms. The van der Waals surface area contributed by atoms with E-state index >= 15 is 0 Å². The molecular formula is C11H11ClO. The van der Waals surface area contributed by atoms with Gasteiger partial charge in [-0.15, -0.1) is 11.6 Å². The normalized spacial score (nSPS) is 8.77. The first kappa shape index (κ1) is 9.95. The summed E-state index contributed by atoms with van der Waals surface area (Å²) in [5.41, 5.74) is 0.962. The molecule has 1 nitrogen and oxygen atoms in total. The van der Waals surface area contributed by atoms with E-state index in [1.807, 2.05) is 31.2 Å². The maximum Gasteiger partial charge on any atom is 0.119 e. The summed E-state index contributed by atoms with van der Waals surface area (Å²) in [6.07, 6.45) is 0. The van der Waals surface area contributed by atoms with Crippen LogP contribution in [0.15, 0.2) is 24.3 Å². The number of hydrogen-bond donors (Lipinski definition) is 0. The Morgan fingerprint density at radius 3 is 2.54 bits per heavy atom. The lowest BCUT2D eigenvalue weighted by atomic mass is 10.2. The van der Waals surface area contributed by atoms with Crippen molar-refractivity contribution in [1.82, 2.24) is 0 Å². The number of hydrogen-bond acceptors (Lipinski definition) is 1. The van der Waals surface area contributed by atoms with Crippen LogP contribution in [-0.4, -0.2) is 12.5 Å². The summed E-state index contributed by atoms with van der Waals surface area (Å²) in [7, 11) is 0. The number of rotatable bonds is 2. The first-order chi connectivity index (χ1) is 6.36. The van der Waals surface area contributed by atoms with Crippen molar-refractivity contribution in [1.29, 1.82) is 0 Å². The minimum Gasteiger partial charge on any atom is -0.494 e. The van der Waals surface area contributed by atoms with E-state index in [1.165, 1.54) is 0 Å². The number of alkyl halides is 1. The van der Waals surface area contributed by atoms with E-state index in [0.29, 0.717) is 12.5 Å². The van der Waals surface area contributed by atoms with E-state index < -0.39 is 0 Å². The lowest BCUT2D eigenvalue weighted by Gasteiger charge is -2.01. The van der Waals surface area contributed by atoms with Crippen LogP contribution >= 0.6 is 11.6 Å². The molecule has 2 heteroatoms. The molecule has 0 radical (unpaired) electrons. The molecule has 0 spiro atoms. The van der Waals surface area contributed by atoms with Gasteiger partial charge in [0.15, 0.2) is 0 Å². The second-order valence-corrected chi connectivity index (χ2v) is 2.66. The van der Waals surface area contributed by atoms with Crippen molar-refractivity contribution < 1.29 is 4.74 Å². The maximum atomic E-state index is 5.43. The molecule has 0 saturated carbocycles. The van der Waals surface area contributed by atoms with Gasteiger partial charge in [0.25, 0.3) is 0 Å². The van der Waals surface area contributed by atoms with Crippen LogP contribution in [0.3, 0.4) is 0 Å². The first-order valence-electron chi connectivity index (χ1n) is 4.14. The SMILES string of the molecule is CCOc1ccc(C#CCCl)cc1. The average Bonchev–Trinajstić information content (AvgIpc) is 2.17. The van der Waals surface area contributed by atoms with Gasteiger partial charge >= 0.3 is 0 Å². The van der Waals surface area contributed by atoms with Crippen LogP contribution in [0, 0.1) is 11.8 Å². The van der Waals surface area contributed by atoms with Crippen molar-refractivity contribution in [2.24, 2.45) is 0 Å². The zero-order chi connectivity index (χ0) is 9.52. The number of ether oxygens (including phenoxy) is 1. The molecule has 0 saturated heterocycles. The molecule has 0 atom stereocenters. The first-order valence-corrected chi connectivity index (χ1v) is 4.68. The second kappa shape index (κ2) is 5.50. The minimum atomic E-state index is 0.368. The zero-order valence-corrected chi connectivity index (χ0v) is 8.27. The molecule has 1 aromatic rings. The molecule has 68 valence electrons. The Hall–Kier alpha value is -1.13. The lowest BCUT2D eigenvalue weighted by Crippen LogP contribution is -1.90. The molecule has 0 unspecified atom stereocenters. The van der Waals surface area contributed by atoms with E-state index in [2.05, 4.69) is 11.8 Å². The lowest BCUT2D eigenvalue weighted by molar-refractivity contribution is 0.340. The topological polar surface area (TPSA) is 9.23 Å². The fourth-order valence-corrected chi connectivity index (χ4v) is 1.00. The third-order valence-electron chi connectivity index (χ3n) is 1.46. The van der Waals surface area contributed by atoms with Gasteiger partial charge in [0.2, 0.25) is 0 Å². The van der Waals surface area contributed by atoms with E-state index in [4.69, 9.17) is 16.3 Å². The monoisotopic (exact) mass is 194 g/mol. The highest BCUT2D eigenvalue weighted by Crippen LogP contribution is 2.10. The molecule has 0 aromatic heterocycles. The third kappa shape index (κ3) is 3.40. The standard InChI is InChI=1S/C11H11ClO/c1-2-13-11-7-5-10(6-8-11)4-3-9-12/h5-8H,2,9H2,1H3. The molecule has 0 heterocycles. The molecule has 0 aliphatic carbocycles. The predicted octanol–water partition coefficient (Wildman–Crippen LogP) is 2.68. The Kier molecular flexibility index (Phi) is 4.21. The van der Waals surface area contributed by atoms with E-state index in [0.717, 1.165) is 11.3 Å². The Morgan fingerprint density at radius 1 is 1.31 bits per heavy atom. The summed E-state index contributed by atoms with van der Waals surface area (Å²) >= 11 is 5.43. The van der Waals surface area contributed by atoms with Crippen LogP contribution in [0.1, 0.15) is 12.5 Å². The van der Waals surface area contributed by atoms with Crippen molar-refractivity contribution in [2.75, 3.05) is 12.5 Å². The molecule has 0 amide bonds. The molecule has 13 heavy (non-hydrogen) atoms. The summed E-state index contributed by atoms with van der Waals surface area (Å²) in [5, 5.41) is 0. The predicted molar refractivity (Wildman–Crippen MR) is 55.2 cm³/mol. The summed E-state index contributed by atoms with van der Waals surface area (Å²) in [4.78, 5) is 0. The molecule has 0 aliphatic heterocycles. The third-order valence-corrected chi connectivity index (χ3v) is 1.60. The van der Waals surface area contributed by atoms with Gasteiger partial charge in [-0.05, 0) is 31.2 Å². The molecule has 1 aromatic carbocycles. The molecular weight excluding hydrogens is 184 g/mol. The highest BCUT2D eigenvalue weighted by Gasteiger charge is 1.90. The molecule has 0 N–H and O–H groups in total. The summed E-state index contributed by atoms with van der Waals surface area (Å²) in [5.74, 6) is 6.96. The van der Waals surface area contributed by atoms with Crippen molar-refractivity contribution in [3.05, 3.63) is 29.8 Å². The van der Waals surface area contributed by atoms with Crippen molar-refractivity contribution in [2.45, 2.75) is 6.92 Å². The van der Waals surface area contributed by atoms with Gasteiger partial charge in [-0.25, -0.2) is 0 Å². The smallest absolute Gasteiger partial charge is 0.119 e. The van der Waals surface area contributed by atoms with Gasteiger partial charge in [-0.2, -0.15) is 0 Å². The van der Waals surface area contributed by atoms with Crippen LogP contribution in [-0.2, 0) is 0 Å². The fourth-order valence-electron chi connectivity index (χ4n) is 0.937. The summed E-state index contributed by atoms with van der Waals surface area (Å²) in [6, 6.07) is 7.65. The quantitative estimate of drug-likeness (QED) is 0.520. The highest BCUT2D eigenvalue weighted by molar-refractivity contribution is 6.19. The summed E-state index contributed by atoms with van der Waals surface area (Å²) in [6.45, 7) is 2.65. The van der Waals surface area contributed by atoms with E-state index in [1.54, 1.807) is 0 Å². The van der Waals surface area contributed by atoms with Crippen LogP contribution in [0.25, 0.3) is 0 Å².